The molecule has 0 radical (unpaired) electrons. The highest BCUT2D eigenvalue weighted by molar-refractivity contribution is 5.92. The van der Waals surface area contributed by atoms with Crippen LogP contribution in [-0.2, 0) is 6.42 Å². The van der Waals surface area contributed by atoms with Crippen molar-refractivity contribution in [2.45, 2.75) is 39.0 Å². The van der Waals surface area contributed by atoms with Gasteiger partial charge < -0.3 is 10.5 Å². The Balaban J connectivity index is 1.89. The van der Waals surface area contributed by atoms with Gasteiger partial charge in [0.2, 0.25) is 5.91 Å². The smallest absolute Gasteiger partial charge is 0.248 e. The van der Waals surface area contributed by atoms with E-state index >= 15 is 0 Å². The molecule has 3 heteroatoms. The van der Waals surface area contributed by atoms with E-state index in [4.69, 9.17) is 10.5 Å². The highest BCUT2D eigenvalue weighted by atomic mass is 16.5. The molecule has 0 saturated carbocycles. The molecule has 0 saturated heterocycles. The predicted octanol–water partition coefficient (Wildman–Crippen LogP) is 4.70. The monoisotopic (exact) mass is 297 g/mol. The van der Waals surface area contributed by atoms with Gasteiger partial charge in [0.25, 0.3) is 0 Å². The Morgan fingerprint density at radius 1 is 0.909 bits per heavy atom. The third-order valence-corrected chi connectivity index (χ3v) is 3.62. The molecule has 0 heterocycles. The zero-order valence-corrected chi connectivity index (χ0v) is 13.0. The van der Waals surface area contributed by atoms with E-state index in [1.807, 2.05) is 12.1 Å². The topological polar surface area (TPSA) is 52.3 Å². The van der Waals surface area contributed by atoms with Crippen LogP contribution in [0.3, 0.4) is 0 Å². The number of ether oxygens (including phenoxy) is 1. The molecule has 0 aliphatic carbocycles. The van der Waals surface area contributed by atoms with Gasteiger partial charge in [0.15, 0.2) is 0 Å². The molecule has 116 valence electrons. The summed E-state index contributed by atoms with van der Waals surface area (Å²) in [7, 11) is 0. The fraction of sp³-hybridized carbons (Fsp3) is 0.316. The van der Waals surface area contributed by atoms with E-state index in [1.54, 1.807) is 24.3 Å². The predicted molar refractivity (Wildman–Crippen MR) is 89.3 cm³/mol. The molecule has 22 heavy (non-hydrogen) atoms. The Morgan fingerprint density at radius 3 is 2.05 bits per heavy atom. The van der Waals surface area contributed by atoms with Gasteiger partial charge in [0.05, 0.1) is 0 Å². The van der Waals surface area contributed by atoms with Crippen LogP contribution in [0, 0.1) is 0 Å². The molecule has 0 aromatic heterocycles. The van der Waals surface area contributed by atoms with Gasteiger partial charge in [0.1, 0.15) is 11.5 Å². The number of benzene rings is 2. The van der Waals surface area contributed by atoms with Crippen molar-refractivity contribution in [2.75, 3.05) is 0 Å². The van der Waals surface area contributed by atoms with Crippen LogP contribution >= 0.6 is 0 Å². The SMILES string of the molecule is CCCCCCc1ccc(Oc2ccc(C(N)=O)cc2)cc1. The molecule has 0 atom stereocenters. The van der Waals surface area contributed by atoms with Crippen LogP contribution in [-0.4, -0.2) is 5.91 Å². The number of hydrogen-bond donors (Lipinski definition) is 1. The summed E-state index contributed by atoms with van der Waals surface area (Å²) < 4.78 is 5.76. The minimum absolute atomic E-state index is 0.432. The summed E-state index contributed by atoms with van der Waals surface area (Å²) in [6.45, 7) is 2.22. The first-order valence-corrected chi connectivity index (χ1v) is 7.85. The molecule has 0 fully saturated rings. The molecule has 0 aliphatic rings. The second-order valence-electron chi connectivity index (χ2n) is 5.45. The van der Waals surface area contributed by atoms with Gasteiger partial charge >= 0.3 is 0 Å². The maximum atomic E-state index is 11.0. The molecule has 2 aromatic carbocycles. The van der Waals surface area contributed by atoms with E-state index in [-0.39, 0.29) is 0 Å². The number of unbranched alkanes of at least 4 members (excludes halogenated alkanes) is 3. The van der Waals surface area contributed by atoms with Gasteiger partial charge in [-0.05, 0) is 54.8 Å². The van der Waals surface area contributed by atoms with Crippen LogP contribution in [0.5, 0.6) is 11.5 Å². The van der Waals surface area contributed by atoms with Crippen LogP contribution in [0.1, 0.15) is 48.5 Å². The Labute approximate surface area is 132 Å². The summed E-state index contributed by atoms with van der Waals surface area (Å²) >= 11 is 0. The molecular weight excluding hydrogens is 274 g/mol. The van der Waals surface area contributed by atoms with Crippen molar-refractivity contribution < 1.29 is 9.53 Å². The first-order chi connectivity index (χ1) is 10.7. The molecule has 0 bridgehead atoms. The Bertz CT molecular complexity index is 588. The lowest BCUT2D eigenvalue weighted by molar-refractivity contribution is 0.100. The number of nitrogens with two attached hydrogens (primary N) is 1. The van der Waals surface area contributed by atoms with E-state index in [0.29, 0.717) is 11.3 Å². The normalized spacial score (nSPS) is 10.4. The number of amides is 1. The number of hydrogen-bond acceptors (Lipinski definition) is 2. The molecule has 0 unspecified atom stereocenters. The lowest BCUT2D eigenvalue weighted by Gasteiger charge is -2.07. The van der Waals surface area contributed by atoms with Crippen molar-refractivity contribution in [1.82, 2.24) is 0 Å². The fourth-order valence-corrected chi connectivity index (χ4v) is 2.30. The quantitative estimate of drug-likeness (QED) is 0.718. The number of rotatable bonds is 8. The van der Waals surface area contributed by atoms with Crippen molar-refractivity contribution in [3.8, 4) is 11.5 Å². The van der Waals surface area contributed by atoms with Crippen molar-refractivity contribution in [2.24, 2.45) is 5.73 Å². The molecule has 3 nitrogen and oxygen atoms in total. The summed E-state index contributed by atoms with van der Waals surface area (Å²) in [6.07, 6.45) is 6.22. The van der Waals surface area contributed by atoms with Crippen molar-refractivity contribution in [1.29, 1.82) is 0 Å². The van der Waals surface area contributed by atoms with E-state index in [0.717, 1.165) is 12.2 Å². The van der Waals surface area contributed by atoms with E-state index < -0.39 is 5.91 Å². The average molecular weight is 297 g/mol. The highest BCUT2D eigenvalue weighted by Gasteiger charge is 2.02. The minimum atomic E-state index is -0.432. The minimum Gasteiger partial charge on any atom is -0.457 e. The summed E-state index contributed by atoms with van der Waals surface area (Å²) in [4.78, 5) is 11.0. The van der Waals surface area contributed by atoms with Crippen molar-refractivity contribution >= 4 is 5.91 Å². The summed E-state index contributed by atoms with van der Waals surface area (Å²) in [6, 6.07) is 15.0. The maximum absolute atomic E-state index is 11.0. The number of aryl methyl sites for hydroxylation is 1. The summed E-state index contributed by atoms with van der Waals surface area (Å²) in [5.41, 5.74) is 7.03. The van der Waals surface area contributed by atoms with Gasteiger partial charge in [-0.3, -0.25) is 4.79 Å². The highest BCUT2D eigenvalue weighted by Crippen LogP contribution is 2.22. The van der Waals surface area contributed by atoms with Crippen molar-refractivity contribution in [3.05, 3.63) is 59.7 Å². The van der Waals surface area contributed by atoms with Gasteiger partial charge in [-0.1, -0.05) is 38.3 Å². The van der Waals surface area contributed by atoms with E-state index in [9.17, 15) is 4.79 Å². The first-order valence-electron chi connectivity index (χ1n) is 7.85. The lowest BCUT2D eigenvalue weighted by Crippen LogP contribution is -2.10. The molecular formula is C19H23NO2. The molecule has 2 N–H and O–H groups in total. The second-order valence-corrected chi connectivity index (χ2v) is 5.45. The Kier molecular flexibility index (Phi) is 6.01. The van der Waals surface area contributed by atoms with Gasteiger partial charge in [0, 0.05) is 5.56 Å². The standard InChI is InChI=1S/C19H23NO2/c1-2-3-4-5-6-15-7-11-17(12-8-15)22-18-13-9-16(10-14-18)19(20)21/h7-14H,2-6H2,1H3,(H2,20,21). The van der Waals surface area contributed by atoms with Gasteiger partial charge in [-0.15, -0.1) is 0 Å². The maximum Gasteiger partial charge on any atom is 0.248 e. The number of carbonyl (C=O) groups excluding carboxylic acids is 1. The van der Waals surface area contributed by atoms with Crippen LogP contribution in [0.25, 0.3) is 0 Å². The lowest BCUT2D eigenvalue weighted by atomic mass is 10.1. The number of primary amides is 1. The van der Waals surface area contributed by atoms with E-state index in [2.05, 4.69) is 19.1 Å². The molecule has 0 aliphatic heterocycles. The Hall–Kier alpha value is -2.29. The van der Waals surface area contributed by atoms with Crippen LogP contribution in [0.4, 0.5) is 0 Å². The molecule has 2 aromatic rings. The average Bonchev–Trinajstić information content (AvgIpc) is 2.54. The Morgan fingerprint density at radius 2 is 1.50 bits per heavy atom. The zero-order valence-electron chi connectivity index (χ0n) is 13.0. The van der Waals surface area contributed by atoms with Gasteiger partial charge in [-0.25, -0.2) is 0 Å². The molecule has 1 amide bonds. The van der Waals surface area contributed by atoms with Crippen molar-refractivity contribution in [3.63, 3.8) is 0 Å². The summed E-state index contributed by atoms with van der Waals surface area (Å²) in [5, 5.41) is 0. The van der Waals surface area contributed by atoms with Crippen LogP contribution in [0.2, 0.25) is 0 Å². The molecule has 2 rings (SSSR count). The van der Waals surface area contributed by atoms with E-state index in [1.165, 1.54) is 31.2 Å². The second kappa shape index (κ2) is 8.23. The fourth-order valence-electron chi connectivity index (χ4n) is 2.30. The largest absolute Gasteiger partial charge is 0.457 e. The zero-order chi connectivity index (χ0) is 15.8. The third-order valence-electron chi connectivity index (χ3n) is 3.62. The van der Waals surface area contributed by atoms with Crippen LogP contribution in [0.15, 0.2) is 48.5 Å². The third kappa shape index (κ3) is 4.92. The first kappa shape index (κ1) is 16.1. The summed E-state index contributed by atoms with van der Waals surface area (Å²) in [5.74, 6) is 1.06. The number of carbonyl (C=O) groups is 1. The van der Waals surface area contributed by atoms with Gasteiger partial charge in [-0.2, -0.15) is 0 Å². The van der Waals surface area contributed by atoms with Crippen LogP contribution < -0.4 is 10.5 Å². The molecule has 0 spiro atoms.